The smallest absolute Gasteiger partial charge is 0.257 e. The molecule has 0 spiro atoms. The lowest BCUT2D eigenvalue weighted by atomic mass is 10.1. The Morgan fingerprint density at radius 3 is 2.42 bits per heavy atom. The highest BCUT2D eigenvalue weighted by Gasteiger charge is 2.19. The Morgan fingerprint density at radius 2 is 1.89 bits per heavy atom. The molecule has 1 aliphatic heterocycles. The third kappa shape index (κ3) is 4.87. The zero-order chi connectivity index (χ0) is 14.3. The highest BCUT2D eigenvalue weighted by molar-refractivity contribution is 6.13. The molecule has 1 aliphatic rings. The number of carbonyl (C=O) groups is 3. The molecule has 0 radical (unpaired) electrons. The third-order valence-corrected chi connectivity index (χ3v) is 2.65. The number of rotatable bonds is 7. The quantitative estimate of drug-likeness (QED) is 0.520. The summed E-state index contributed by atoms with van der Waals surface area (Å²) in [4.78, 5) is 34.4. The summed E-state index contributed by atoms with van der Waals surface area (Å²) in [6.45, 7) is 5.26. The molecular formula is C15H17NO3. The predicted octanol–water partition coefficient (Wildman–Crippen LogP) is 2.30. The van der Waals surface area contributed by atoms with E-state index in [1.54, 1.807) is 25.2 Å². The molecule has 0 bridgehead atoms. The first-order valence-electron chi connectivity index (χ1n) is 6.09. The largest absolute Gasteiger partial charge is 0.300 e. The van der Waals surface area contributed by atoms with E-state index in [4.69, 9.17) is 0 Å². The number of hydrogen-bond acceptors (Lipinski definition) is 3. The second-order valence-corrected chi connectivity index (χ2v) is 4.22. The molecule has 0 saturated carbocycles. The van der Waals surface area contributed by atoms with E-state index in [-0.39, 0.29) is 17.6 Å². The van der Waals surface area contributed by atoms with Crippen molar-refractivity contribution in [1.29, 1.82) is 0 Å². The normalized spacial score (nSPS) is 15.6. The lowest BCUT2D eigenvalue weighted by molar-refractivity contribution is -0.133. The van der Waals surface area contributed by atoms with Crippen molar-refractivity contribution in [2.75, 3.05) is 0 Å². The second kappa shape index (κ2) is 7.26. The van der Waals surface area contributed by atoms with Crippen LogP contribution in [0.15, 0.2) is 48.7 Å². The Labute approximate surface area is 112 Å². The van der Waals surface area contributed by atoms with Gasteiger partial charge in [0, 0.05) is 24.8 Å². The number of nitrogens with zero attached hydrogens (tertiary/aromatic N) is 1. The van der Waals surface area contributed by atoms with Crippen molar-refractivity contribution in [3.63, 3.8) is 0 Å². The fraction of sp³-hybridized carbons (Fsp3) is 0.267. The van der Waals surface area contributed by atoms with Gasteiger partial charge < -0.3 is 4.79 Å². The van der Waals surface area contributed by atoms with Crippen LogP contribution in [0, 0.1) is 0 Å². The summed E-state index contributed by atoms with van der Waals surface area (Å²) in [5, 5.41) is 0. The van der Waals surface area contributed by atoms with Crippen LogP contribution in [-0.4, -0.2) is 22.5 Å². The number of allylic oxidation sites excluding steroid dienone is 4. The van der Waals surface area contributed by atoms with Gasteiger partial charge in [-0.3, -0.25) is 14.5 Å². The Hall–Kier alpha value is -2.23. The molecule has 1 rings (SSSR count). The van der Waals surface area contributed by atoms with Gasteiger partial charge in [-0.2, -0.15) is 0 Å². The maximum atomic E-state index is 11.3. The van der Waals surface area contributed by atoms with Gasteiger partial charge in [-0.05, 0) is 31.4 Å². The number of hydrogen-bond donors (Lipinski definition) is 0. The topological polar surface area (TPSA) is 54.5 Å². The number of ketones is 1. The Kier molecular flexibility index (Phi) is 5.67. The Morgan fingerprint density at radius 1 is 1.26 bits per heavy atom. The van der Waals surface area contributed by atoms with E-state index in [1.165, 1.54) is 18.4 Å². The minimum atomic E-state index is -0.341. The van der Waals surface area contributed by atoms with Crippen molar-refractivity contribution >= 4 is 17.6 Å². The van der Waals surface area contributed by atoms with Crippen molar-refractivity contribution in [2.24, 2.45) is 0 Å². The van der Waals surface area contributed by atoms with Gasteiger partial charge in [0.25, 0.3) is 11.8 Å². The fourth-order valence-electron chi connectivity index (χ4n) is 1.61. The maximum Gasteiger partial charge on any atom is 0.257 e. The van der Waals surface area contributed by atoms with E-state index in [2.05, 4.69) is 6.58 Å². The van der Waals surface area contributed by atoms with Gasteiger partial charge >= 0.3 is 0 Å². The van der Waals surface area contributed by atoms with Crippen LogP contribution in [0.3, 0.4) is 0 Å². The van der Waals surface area contributed by atoms with Gasteiger partial charge in [0.05, 0.1) is 0 Å². The van der Waals surface area contributed by atoms with Gasteiger partial charge in [-0.1, -0.05) is 18.7 Å². The summed E-state index contributed by atoms with van der Waals surface area (Å²) in [6, 6.07) is 0. The molecule has 2 amide bonds. The molecular weight excluding hydrogens is 242 g/mol. The van der Waals surface area contributed by atoms with Crippen LogP contribution in [0.1, 0.15) is 26.2 Å². The fourth-order valence-corrected chi connectivity index (χ4v) is 1.61. The molecule has 0 aromatic rings. The summed E-state index contributed by atoms with van der Waals surface area (Å²) in [5.41, 5.74) is 0.963. The van der Waals surface area contributed by atoms with Crippen LogP contribution in [0.5, 0.6) is 0 Å². The van der Waals surface area contributed by atoms with Gasteiger partial charge in [-0.25, -0.2) is 0 Å². The van der Waals surface area contributed by atoms with Gasteiger partial charge in [0.2, 0.25) is 0 Å². The molecule has 4 heteroatoms. The van der Waals surface area contributed by atoms with E-state index in [0.717, 1.165) is 23.3 Å². The second-order valence-electron chi connectivity index (χ2n) is 4.22. The summed E-state index contributed by atoms with van der Waals surface area (Å²) in [5.74, 6) is -0.518. The first-order valence-corrected chi connectivity index (χ1v) is 6.09. The number of Topliss-reactive ketones (excluding diaryl/α,β-unsaturated/α-hetero) is 1. The van der Waals surface area contributed by atoms with Crippen LogP contribution in [-0.2, 0) is 14.4 Å². The average molecular weight is 259 g/mol. The van der Waals surface area contributed by atoms with Gasteiger partial charge in [-0.15, -0.1) is 0 Å². The van der Waals surface area contributed by atoms with E-state index in [0.29, 0.717) is 6.42 Å². The van der Waals surface area contributed by atoms with Crippen LogP contribution < -0.4 is 0 Å². The van der Waals surface area contributed by atoms with E-state index in [9.17, 15) is 14.4 Å². The monoisotopic (exact) mass is 259 g/mol. The van der Waals surface area contributed by atoms with Crippen LogP contribution in [0.25, 0.3) is 0 Å². The van der Waals surface area contributed by atoms with Crippen molar-refractivity contribution in [2.45, 2.75) is 26.2 Å². The zero-order valence-electron chi connectivity index (χ0n) is 11.0. The molecule has 0 aromatic heterocycles. The number of amides is 2. The molecule has 0 aliphatic carbocycles. The SMILES string of the molecule is C=C/C(=C\C=C\N1C(=O)C=CC1=O)CCCC(C)=O. The van der Waals surface area contributed by atoms with Gasteiger partial charge in [0.15, 0.2) is 0 Å². The standard InChI is InChI=1S/C15H17NO3/c1-3-13(7-4-6-12(2)17)8-5-11-16-14(18)9-10-15(16)19/h3,5,8-11H,1,4,6-7H2,2H3/b11-5+,13-8+. The molecule has 0 unspecified atom stereocenters. The minimum Gasteiger partial charge on any atom is -0.300 e. The molecule has 0 N–H and O–H groups in total. The lowest BCUT2D eigenvalue weighted by Crippen LogP contribution is -2.23. The highest BCUT2D eigenvalue weighted by Crippen LogP contribution is 2.10. The molecule has 4 nitrogen and oxygen atoms in total. The lowest BCUT2D eigenvalue weighted by Gasteiger charge is -2.05. The minimum absolute atomic E-state index is 0.165. The highest BCUT2D eigenvalue weighted by atomic mass is 16.2. The van der Waals surface area contributed by atoms with E-state index in [1.807, 2.05) is 0 Å². The van der Waals surface area contributed by atoms with Crippen LogP contribution >= 0.6 is 0 Å². The number of imide groups is 1. The first-order chi connectivity index (χ1) is 9.04. The summed E-state index contributed by atoms with van der Waals surface area (Å²) in [7, 11) is 0. The summed E-state index contributed by atoms with van der Waals surface area (Å²) < 4.78 is 0. The molecule has 1 heterocycles. The summed E-state index contributed by atoms with van der Waals surface area (Å²) >= 11 is 0. The van der Waals surface area contributed by atoms with Crippen LogP contribution in [0.2, 0.25) is 0 Å². The molecule has 0 aromatic carbocycles. The van der Waals surface area contributed by atoms with E-state index >= 15 is 0 Å². The van der Waals surface area contributed by atoms with Gasteiger partial charge in [0.1, 0.15) is 5.78 Å². The van der Waals surface area contributed by atoms with Crippen LogP contribution in [0.4, 0.5) is 0 Å². The van der Waals surface area contributed by atoms with Crippen molar-refractivity contribution < 1.29 is 14.4 Å². The van der Waals surface area contributed by atoms with Crippen molar-refractivity contribution in [3.05, 3.63) is 48.7 Å². The average Bonchev–Trinajstić information content (AvgIpc) is 2.68. The van der Waals surface area contributed by atoms with E-state index < -0.39 is 0 Å². The Bertz CT molecular complexity index is 466. The molecule has 0 saturated heterocycles. The molecule has 19 heavy (non-hydrogen) atoms. The maximum absolute atomic E-state index is 11.3. The zero-order valence-corrected chi connectivity index (χ0v) is 11.0. The third-order valence-electron chi connectivity index (χ3n) is 2.65. The van der Waals surface area contributed by atoms with Crippen molar-refractivity contribution in [3.8, 4) is 0 Å². The Balaban J connectivity index is 2.52. The first kappa shape index (κ1) is 14.8. The molecule has 0 atom stereocenters. The number of carbonyl (C=O) groups excluding carboxylic acids is 3. The predicted molar refractivity (Wildman–Crippen MR) is 72.9 cm³/mol. The van der Waals surface area contributed by atoms with Crippen molar-refractivity contribution in [1.82, 2.24) is 4.90 Å². The molecule has 100 valence electrons. The summed E-state index contributed by atoms with van der Waals surface area (Å²) in [6.07, 6.45) is 11.1. The molecule has 0 fully saturated rings.